The Morgan fingerprint density at radius 3 is 2.79 bits per heavy atom. The van der Waals surface area contributed by atoms with E-state index >= 15 is 0 Å². The first-order valence-electron chi connectivity index (χ1n) is 4.27. The smallest absolute Gasteiger partial charge is 0.171 e. The van der Waals surface area contributed by atoms with Crippen molar-refractivity contribution in [2.45, 2.75) is 6.92 Å². The molecule has 0 bridgehead atoms. The lowest BCUT2D eigenvalue weighted by molar-refractivity contribution is 0.756. The van der Waals surface area contributed by atoms with Gasteiger partial charge in [0.25, 0.3) is 0 Å². The Labute approximate surface area is 86.6 Å². The number of aromatic nitrogens is 2. The van der Waals surface area contributed by atoms with Crippen LogP contribution in [-0.4, -0.2) is 22.6 Å². The maximum absolute atomic E-state index is 5.67. The quantitative estimate of drug-likeness (QED) is 0.748. The first kappa shape index (κ1) is 9.21. The van der Waals surface area contributed by atoms with E-state index in [9.17, 15) is 0 Å². The largest absolute Gasteiger partial charge is 0.385 e. The number of halogens is 1. The van der Waals surface area contributed by atoms with Gasteiger partial charge in [-0.3, -0.25) is 0 Å². The van der Waals surface area contributed by atoms with Crippen LogP contribution in [0, 0.1) is 5.92 Å². The molecule has 0 radical (unpaired) electrons. The van der Waals surface area contributed by atoms with Crippen molar-refractivity contribution in [2.75, 3.05) is 11.6 Å². The van der Waals surface area contributed by atoms with Crippen molar-refractivity contribution in [3.63, 3.8) is 0 Å². The van der Waals surface area contributed by atoms with E-state index in [1.807, 2.05) is 6.92 Å². The molecule has 5 nitrogen and oxygen atoms in total. The topological polar surface area (TPSA) is 67.4 Å². The second-order valence-corrected chi connectivity index (χ2v) is 3.61. The van der Waals surface area contributed by atoms with Crippen LogP contribution in [0.4, 0.5) is 5.82 Å². The summed E-state index contributed by atoms with van der Waals surface area (Å²) in [5.41, 5.74) is 5.67. The van der Waals surface area contributed by atoms with Crippen molar-refractivity contribution < 1.29 is 0 Å². The van der Waals surface area contributed by atoms with Gasteiger partial charge in [-0.2, -0.15) is 5.10 Å². The van der Waals surface area contributed by atoms with Crippen LogP contribution in [0.25, 0.3) is 0 Å². The Kier molecular flexibility index (Phi) is 2.25. The fourth-order valence-corrected chi connectivity index (χ4v) is 1.32. The molecule has 0 spiro atoms. The van der Waals surface area contributed by atoms with Gasteiger partial charge >= 0.3 is 0 Å². The van der Waals surface area contributed by atoms with E-state index in [1.54, 1.807) is 17.1 Å². The van der Waals surface area contributed by atoms with E-state index in [0.717, 1.165) is 6.54 Å². The van der Waals surface area contributed by atoms with Gasteiger partial charge in [-0.15, -0.1) is 10.2 Å². The van der Waals surface area contributed by atoms with Crippen molar-refractivity contribution >= 4 is 23.3 Å². The van der Waals surface area contributed by atoms with Crippen molar-refractivity contribution in [1.82, 2.24) is 10.2 Å². The monoisotopic (exact) mass is 211 g/mol. The van der Waals surface area contributed by atoms with Crippen LogP contribution in [0.1, 0.15) is 6.92 Å². The number of nitrogens with zero attached hydrogens (tertiary/aromatic N) is 4. The lowest BCUT2D eigenvalue weighted by atomic mass is 10.2. The van der Waals surface area contributed by atoms with Gasteiger partial charge in [0.1, 0.15) is 5.84 Å². The molecule has 0 amide bonds. The molecule has 1 atom stereocenters. The Hall–Kier alpha value is -1.36. The SMILES string of the molecule is CC1CN(c2ccc(Cl)nn2)N=C1N. The Morgan fingerprint density at radius 2 is 2.29 bits per heavy atom. The molecule has 6 heteroatoms. The molecule has 2 N–H and O–H groups in total. The number of nitrogens with two attached hydrogens (primary N) is 1. The number of rotatable bonds is 1. The third-order valence-electron chi connectivity index (χ3n) is 2.07. The lowest BCUT2D eigenvalue weighted by Crippen LogP contribution is -2.20. The minimum absolute atomic E-state index is 0.257. The molecule has 74 valence electrons. The molecule has 2 heterocycles. The summed E-state index contributed by atoms with van der Waals surface area (Å²) in [4.78, 5) is 0. The maximum Gasteiger partial charge on any atom is 0.171 e. The Balaban J connectivity index is 2.22. The highest BCUT2D eigenvalue weighted by Crippen LogP contribution is 2.18. The van der Waals surface area contributed by atoms with Crippen LogP contribution in [0.5, 0.6) is 0 Å². The molecule has 14 heavy (non-hydrogen) atoms. The van der Waals surface area contributed by atoms with Gasteiger partial charge in [-0.25, -0.2) is 5.01 Å². The van der Waals surface area contributed by atoms with Gasteiger partial charge in [0.15, 0.2) is 11.0 Å². The summed E-state index contributed by atoms with van der Waals surface area (Å²) in [5.74, 6) is 1.55. The molecule has 0 aliphatic carbocycles. The highest BCUT2D eigenvalue weighted by molar-refractivity contribution is 6.29. The summed E-state index contributed by atoms with van der Waals surface area (Å²) in [7, 11) is 0. The maximum atomic E-state index is 5.67. The van der Waals surface area contributed by atoms with Gasteiger partial charge < -0.3 is 5.73 Å². The normalized spacial score (nSPS) is 21.1. The number of hydrogen-bond donors (Lipinski definition) is 1. The third-order valence-corrected chi connectivity index (χ3v) is 2.27. The van der Waals surface area contributed by atoms with Crippen molar-refractivity contribution in [1.29, 1.82) is 0 Å². The molecule has 0 saturated carbocycles. The summed E-state index contributed by atoms with van der Waals surface area (Å²) < 4.78 is 0. The van der Waals surface area contributed by atoms with Crippen molar-refractivity contribution in [3.05, 3.63) is 17.3 Å². The number of hydrogen-bond acceptors (Lipinski definition) is 5. The second-order valence-electron chi connectivity index (χ2n) is 3.22. The summed E-state index contributed by atoms with van der Waals surface area (Å²) in [5, 5.41) is 13.9. The molecule has 1 aromatic rings. The van der Waals surface area contributed by atoms with E-state index in [1.165, 1.54) is 0 Å². The van der Waals surface area contributed by atoms with Crippen LogP contribution in [-0.2, 0) is 0 Å². The minimum Gasteiger partial charge on any atom is -0.385 e. The minimum atomic E-state index is 0.257. The van der Waals surface area contributed by atoms with E-state index in [4.69, 9.17) is 17.3 Å². The molecule has 1 aliphatic heterocycles. The number of anilines is 1. The summed E-state index contributed by atoms with van der Waals surface area (Å²) in [6.45, 7) is 2.75. The van der Waals surface area contributed by atoms with E-state index in [-0.39, 0.29) is 5.92 Å². The molecule has 0 aromatic carbocycles. The molecule has 2 rings (SSSR count). The second kappa shape index (κ2) is 3.42. The van der Waals surface area contributed by atoms with Crippen LogP contribution in [0.3, 0.4) is 0 Å². The van der Waals surface area contributed by atoms with E-state index < -0.39 is 0 Å². The average Bonchev–Trinajstić information content (AvgIpc) is 2.48. The van der Waals surface area contributed by atoms with Crippen LogP contribution < -0.4 is 10.7 Å². The van der Waals surface area contributed by atoms with Crippen LogP contribution in [0.15, 0.2) is 17.2 Å². The third kappa shape index (κ3) is 1.63. The summed E-state index contributed by atoms with van der Waals surface area (Å²) in [6, 6.07) is 3.45. The zero-order chi connectivity index (χ0) is 10.1. The fourth-order valence-electron chi connectivity index (χ4n) is 1.22. The predicted octanol–water partition coefficient (Wildman–Crippen LogP) is 0.858. The van der Waals surface area contributed by atoms with Gasteiger partial charge in [0.2, 0.25) is 0 Å². The standard InChI is InChI=1S/C8H10ClN5/c1-5-4-14(13-8(5)10)7-3-2-6(9)11-12-7/h2-3,5H,4H2,1H3,(H2,10,13). The van der Waals surface area contributed by atoms with Crippen molar-refractivity contribution in [3.8, 4) is 0 Å². The zero-order valence-corrected chi connectivity index (χ0v) is 8.44. The highest BCUT2D eigenvalue weighted by atomic mass is 35.5. The Morgan fingerprint density at radius 1 is 1.50 bits per heavy atom. The van der Waals surface area contributed by atoms with Gasteiger partial charge in [0, 0.05) is 5.92 Å². The van der Waals surface area contributed by atoms with Crippen LogP contribution in [0.2, 0.25) is 5.15 Å². The zero-order valence-electron chi connectivity index (χ0n) is 7.68. The predicted molar refractivity (Wildman–Crippen MR) is 55.2 cm³/mol. The molecule has 1 aromatic heterocycles. The Bertz CT molecular complexity index is 360. The summed E-state index contributed by atoms with van der Waals surface area (Å²) >= 11 is 5.62. The number of hydrazone groups is 1. The molecular formula is C8H10ClN5. The van der Waals surface area contributed by atoms with Gasteiger partial charge in [0.05, 0.1) is 6.54 Å². The lowest BCUT2D eigenvalue weighted by Gasteiger charge is -2.11. The molecule has 1 aliphatic rings. The van der Waals surface area contributed by atoms with Gasteiger partial charge in [-0.05, 0) is 12.1 Å². The summed E-state index contributed by atoms with van der Waals surface area (Å²) in [6.07, 6.45) is 0. The van der Waals surface area contributed by atoms with Crippen LogP contribution >= 0.6 is 11.6 Å². The molecule has 0 saturated heterocycles. The number of amidine groups is 1. The molecule has 1 unspecified atom stereocenters. The van der Waals surface area contributed by atoms with E-state index in [2.05, 4.69) is 15.3 Å². The van der Waals surface area contributed by atoms with E-state index in [0.29, 0.717) is 16.8 Å². The first-order valence-corrected chi connectivity index (χ1v) is 4.65. The molecule has 0 fully saturated rings. The molecular weight excluding hydrogens is 202 g/mol. The van der Waals surface area contributed by atoms with Gasteiger partial charge in [-0.1, -0.05) is 18.5 Å². The van der Waals surface area contributed by atoms with Crippen molar-refractivity contribution in [2.24, 2.45) is 16.8 Å². The first-order chi connectivity index (χ1) is 6.66. The average molecular weight is 212 g/mol. The fraction of sp³-hybridized carbons (Fsp3) is 0.375. The highest BCUT2D eigenvalue weighted by Gasteiger charge is 2.22.